The van der Waals surface area contributed by atoms with E-state index in [2.05, 4.69) is 58.2 Å². The second kappa shape index (κ2) is 12.2. The summed E-state index contributed by atoms with van der Waals surface area (Å²) in [5.41, 5.74) is 4.12. The summed E-state index contributed by atoms with van der Waals surface area (Å²) < 4.78 is 27.7. The molecular weight excluding hydrogens is 707 g/mol. The maximum Gasteiger partial charge on any atom is 0.254 e. The number of fused-ring (bicyclic) bond motifs is 1. The Bertz CT molecular complexity index is 1500. The molecule has 0 aliphatic carbocycles. The van der Waals surface area contributed by atoms with Crippen LogP contribution in [-0.4, -0.2) is 30.5 Å². The minimum absolute atomic E-state index is 0.0623. The van der Waals surface area contributed by atoms with Crippen molar-refractivity contribution in [2.45, 2.75) is 32.6 Å². The van der Waals surface area contributed by atoms with Gasteiger partial charge in [-0.05, 0) is 119 Å². The van der Waals surface area contributed by atoms with E-state index in [0.29, 0.717) is 23.5 Å². The fourth-order valence-electron chi connectivity index (χ4n) is 4.71. The van der Waals surface area contributed by atoms with Crippen LogP contribution in [0.3, 0.4) is 0 Å². The normalized spacial score (nSPS) is 13.9. The average Bonchev–Trinajstić information content (AvgIpc) is 3.36. The van der Waals surface area contributed by atoms with E-state index in [9.17, 15) is 9.18 Å². The van der Waals surface area contributed by atoms with Gasteiger partial charge in [0.25, 0.3) is 5.91 Å². The smallest absolute Gasteiger partial charge is 0.254 e. The molecule has 1 aliphatic heterocycles. The second-order valence-corrected chi connectivity index (χ2v) is 11.7. The van der Waals surface area contributed by atoms with Crippen molar-refractivity contribution in [1.29, 1.82) is 0 Å². The molecule has 0 saturated carbocycles. The zero-order chi connectivity index (χ0) is 26.6. The number of likely N-dealkylation sites (tertiary alicyclic amines) is 1. The van der Waals surface area contributed by atoms with Crippen LogP contribution in [0.4, 0.5) is 4.39 Å². The highest BCUT2D eigenvalue weighted by atomic mass is 127. The molecule has 3 aromatic carbocycles. The van der Waals surface area contributed by atoms with Crippen LogP contribution in [0.15, 0.2) is 59.0 Å². The number of hydrogen-bond donors (Lipinski definition) is 0. The highest BCUT2D eigenvalue weighted by molar-refractivity contribution is 14.1. The van der Waals surface area contributed by atoms with Crippen molar-refractivity contribution >= 4 is 74.2 Å². The summed E-state index contributed by atoms with van der Waals surface area (Å²) >= 11 is 4.41. The van der Waals surface area contributed by atoms with Crippen LogP contribution in [-0.2, 0) is 0 Å². The highest BCUT2D eigenvalue weighted by Crippen LogP contribution is 2.33. The fourth-order valence-corrected chi connectivity index (χ4v) is 6.13. The van der Waals surface area contributed by atoms with Gasteiger partial charge in [-0.15, -0.1) is 0 Å². The first-order valence-corrected chi connectivity index (χ1v) is 15.0. The van der Waals surface area contributed by atoms with Crippen molar-refractivity contribution in [3.05, 3.63) is 84.2 Å². The SMILES string of the molecule is CCCOc1cccc(C(=O)N2CCCCC2)c1/C=C/c1ccc(-c2cc3cc(F)cc(I)c3o2)cc1I. The molecule has 7 heteroatoms. The van der Waals surface area contributed by atoms with Crippen LogP contribution < -0.4 is 4.74 Å². The summed E-state index contributed by atoms with van der Waals surface area (Å²) in [5, 5.41) is 0.748. The van der Waals surface area contributed by atoms with Crippen molar-refractivity contribution in [1.82, 2.24) is 4.90 Å². The molecule has 0 atom stereocenters. The second-order valence-electron chi connectivity index (χ2n) is 9.40. The molecule has 1 aromatic heterocycles. The van der Waals surface area contributed by atoms with Gasteiger partial charge in [0.1, 0.15) is 22.9 Å². The predicted molar refractivity (Wildman–Crippen MR) is 168 cm³/mol. The van der Waals surface area contributed by atoms with Crippen molar-refractivity contribution < 1.29 is 18.3 Å². The highest BCUT2D eigenvalue weighted by Gasteiger charge is 2.22. The van der Waals surface area contributed by atoms with Gasteiger partial charge in [0.05, 0.1) is 15.7 Å². The van der Waals surface area contributed by atoms with E-state index in [1.165, 1.54) is 18.6 Å². The van der Waals surface area contributed by atoms with Gasteiger partial charge in [-0.2, -0.15) is 0 Å². The molecule has 4 aromatic rings. The number of nitrogens with zero attached hydrogens (tertiary/aromatic N) is 1. The average molecular weight is 735 g/mol. The van der Waals surface area contributed by atoms with Gasteiger partial charge in [0.2, 0.25) is 0 Å². The molecule has 2 heterocycles. The van der Waals surface area contributed by atoms with Crippen molar-refractivity contribution in [3.63, 3.8) is 0 Å². The molecule has 0 spiro atoms. The van der Waals surface area contributed by atoms with Gasteiger partial charge in [0, 0.05) is 33.2 Å². The molecule has 0 N–H and O–H groups in total. The molecule has 1 fully saturated rings. The summed E-state index contributed by atoms with van der Waals surface area (Å²) in [6, 6.07) is 16.7. The van der Waals surface area contributed by atoms with E-state index in [-0.39, 0.29) is 11.7 Å². The summed E-state index contributed by atoms with van der Waals surface area (Å²) in [7, 11) is 0. The number of carbonyl (C=O) groups is 1. The van der Waals surface area contributed by atoms with Gasteiger partial charge < -0.3 is 14.1 Å². The standard InChI is InChI=1S/C31H28FI2NO3/c1-2-15-37-28-8-6-7-25(31(36)35-13-4-3-5-14-35)24(28)12-11-20-9-10-21(17-26(20)33)29-18-22-16-23(32)19-27(34)30(22)38-29/h6-12,16-19H,2-5,13-15H2,1H3/b12-11+. The summed E-state index contributed by atoms with van der Waals surface area (Å²) in [4.78, 5) is 15.4. The Morgan fingerprint density at radius 3 is 2.61 bits per heavy atom. The Morgan fingerprint density at radius 1 is 1.03 bits per heavy atom. The Hall–Kier alpha value is -2.40. The van der Waals surface area contributed by atoms with Crippen molar-refractivity contribution in [3.8, 4) is 17.1 Å². The van der Waals surface area contributed by atoms with Crippen LogP contribution >= 0.6 is 45.2 Å². The van der Waals surface area contributed by atoms with E-state index in [4.69, 9.17) is 9.15 Å². The monoisotopic (exact) mass is 735 g/mol. The molecular formula is C31H28FI2NO3. The topological polar surface area (TPSA) is 42.7 Å². The molecule has 5 rings (SSSR count). The van der Waals surface area contributed by atoms with E-state index in [1.54, 1.807) is 0 Å². The first-order chi connectivity index (χ1) is 18.4. The van der Waals surface area contributed by atoms with Gasteiger partial charge in [-0.3, -0.25) is 4.79 Å². The summed E-state index contributed by atoms with van der Waals surface area (Å²) in [6.07, 6.45) is 8.18. The number of rotatable bonds is 7. The van der Waals surface area contributed by atoms with Gasteiger partial charge in [0.15, 0.2) is 0 Å². The van der Waals surface area contributed by atoms with Crippen LogP contribution in [0, 0.1) is 13.0 Å². The molecule has 1 amide bonds. The number of ether oxygens (including phenoxy) is 1. The zero-order valence-corrected chi connectivity index (χ0v) is 25.4. The minimum Gasteiger partial charge on any atom is -0.493 e. The van der Waals surface area contributed by atoms with Crippen LogP contribution in [0.2, 0.25) is 0 Å². The molecule has 1 aliphatic rings. The Kier molecular flexibility index (Phi) is 8.72. The summed E-state index contributed by atoms with van der Waals surface area (Å²) in [6.45, 7) is 4.26. The lowest BCUT2D eigenvalue weighted by atomic mass is 10.0. The van der Waals surface area contributed by atoms with Crippen molar-refractivity contribution in [2.24, 2.45) is 0 Å². The first-order valence-electron chi connectivity index (χ1n) is 12.9. The van der Waals surface area contributed by atoms with Crippen LogP contribution in [0.5, 0.6) is 5.75 Å². The number of benzene rings is 3. The Balaban J connectivity index is 1.46. The third-order valence-electron chi connectivity index (χ3n) is 6.65. The maximum atomic E-state index is 13.8. The molecule has 4 nitrogen and oxygen atoms in total. The fraction of sp³-hybridized carbons (Fsp3) is 0.258. The lowest BCUT2D eigenvalue weighted by Gasteiger charge is -2.27. The van der Waals surface area contributed by atoms with E-state index in [0.717, 1.165) is 67.3 Å². The Morgan fingerprint density at radius 2 is 1.84 bits per heavy atom. The third-order valence-corrected chi connectivity index (χ3v) is 8.39. The summed E-state index contributed by atoms with van der Waals surface area (Å²) in [5.74, 6) is 1.21. The quantitative estimate of drug-likeness (QED) is 0.141. The number of amides is 1. The van der Waals surface area contributed by atoms with E-state index >= 15 is 0 Å². The van der Waals surface area contributed by atoms with Gasteiger partial charge in [-0.25, -0.2) is 4.39 Å². The molecule has 0 bridgehead atoms. The third kappa shape index (κ3) is 5.93. The molecule has 38 heavy (non-hydrogen) atoms. The predicted octanol–water partition coefficient (Wildman–Crippen LogP) is 9.03. The van der Waals surface area contributed by atoms with Gasteiger partial charge in [-0.1, -0.05) is 31.2 Å². The molecule has 0 unspecified atom stereocenters. The number of piperidine rings is 1. The van der Waals surface area contributed by atoms with E-state index in [1.807, 2.05) is 53.5 Å². The molecule has 1 saturated heterocycles. The number of hydrogen-bond acceptors (Lipinski definition) is 3. The lowest BCUT2D eigenvalue weighted by molar-refractivity contribution is 0.0723. The van der Waals surface area contributed by atoms with E-state index < -0.39 is 0 Å². The number of furan rings is 1. The molecule has 196 valence electrons. The van der Waals surface area contributed by atoms with Gasteiger partial charge >= 0.3 is 0 Å². The zero-order valence-electron chi connectivity index (χ0n) is 21.1. The Labute approximate surface area is 249 Å². The number of halogens is 3. The lowest BCUT2D eigenvalue weighted by Crippen LogP contribution is -2.36. The van der Waals surface area contributed by atoms with Crippen molar-refractivity contribution in [2.75, 3.05) is 19.7 Å². The number of carbonyl (C=O) groups excluding carboxylic acids is 1. The van der Waals surface area contributed by atoms with Crippen LogP contribution in [0.25, 0.3) is 34.4 Å². The van der Waals surface area contributed by atoms with Crippen LogP contribution in [0.1, 0.15) is 54.1 Å². The first kappa shape index (κ1) is 27.2. The molecule has 0 radical (unpaired) electrons. The minimum atomic E-state index is -0.273. The largest absolute Gasteiger partial charge is 0.493 e. The maximum absolute atomic E-state index is 13.8.